The van der Waals surface area contributed by atoms with Crippen LogP contribution < -0.4 is 0 Å². The van der Waals surface area contributed by atoms with Crippen LogP contribution in [0.2, 0.25) is 0 Å². The lowest BCUT2D eigenvalue weighted by atomic mass is 10.3. The smallest absolute Gasteiger partial charge is 0.239 e. The predicted molar refractivity (Wildman–Crippen MR) is 47.5 cm³/mol. The summed E-state index contributed by atoms with van der Waals surface area (Å²) >= 11 is 1.36. The Labute approximate surface area is 75.5 Å². The average molecular weight is 183 g/mol. The van der Waals surface area contributed by atoms with Crippen molar-refractivity contribution in [1.82, 2.24) is 4.90 Å². The van der Waals surface area contributed by atoms with Gasteiger partial charge in [-0.3, -0.25) is 14.5 Å². The van der Waals surface area contributed by atoms with Crippen LogP contribution in [0, 0.1) is 12.3 Å². The maximum absolute atomic E-state index is 11.1. The van der Waals surface area contributed by atoms with Crippen LogP contribution >= 0.6 is 11.8 Å². The first-order valence-corrected chi connectivity index (χ1v) is 4.75. The molecule has 0 radical (unpaired) electrons. The minimum atomic E-state index is -0.119. The van der Waals surface area contributed by atoms with E-state index in [0.717, 1.165) is 0 Å². The van der Waals surface area contributed by atoms with Crippen LogP contribution in [0.1, 0.15) is 6.42 Å². The van der Waals surface area contributed by atoms with Gasteiger partial charge in [0.25, 0.3) is 0 Å². The number of terminal acetylenes is 1. The molecule has 0 aromatic carbocycles. The summed E-state index contributed by atoms with van der Waals surface area (Å²) in [4.78, 5) is 23.5. The Balaban J connectivity index is 2.52. The zero-order valence-electron chi connectivity index (χ0n) is 6.58. The van der Waals surface area contributed by atoms with Gasteiger partial charge in [0, 0.05) is 13.0 Å². The van der Waals surface area contributed by atoms with Crippen molar-refractivity contribution in [3.8, 4) is 12.3 Å². The summed E-state index contributed by atoms with van der Waals surface area (Å²) in [6.45, 7) is 0.370. The van der Waals surface area contributed by atoms with Crippen molar-refractivity contribution in [2.24, 2.45) is 0 Å². The van der Waals surface area contributed by atoms with Crippen LogP contribution in [0.5, 0.6) is 0 Å². The van der Waals surface area contributed by atoms with E-state index in [9.17, 15) is 9.59 Å². The molecule has 0 unspecified atom stereocenters. The third kappa shape index (κ3) is 2.02. The third-order valence-corrected chi connectivity index (χ3v) is 2.44. The van der Waals surface area contributed by atoms with Crippen molar-refractivity contribution in [1.29, 1.82) is 0 Å². The van der Waals surface area contributed by atoms with Gasteiger partial charge in [0.2, 0.25) is 11.8 Å². The highest BCUT2D eigenvalue weighted by Gasteiger charge is 2.25. The lowest BCUT2D eigenvalue weighted by Gasteiger charge is -2.23. The van der Waals surface area contributed by atoms with E-state index in [2.05, 4.69) is 5.92 Å². The summed E-state index contributed by atoms with van der Waals surface area (Å²) < 4.78 is 0. The fraction of sp³-hybridized carbons (Fsp3) is 0.500. The Morgan fingerprint density at radius 2 is 2.00 bits per heavy atom. The largest absolute Gasteiger partial charge is 0.280 e. The summed E-state index contributed by atoms with van der Waals surface area (Å²) in [5.41, 5.74) is 0. The molecule has 1 rings (SSSR count). The molecule has 0 aromatic rings. The highest BCUT2D eigenvalue weighted by Crippen LogP contribution is 2.11. The molecule has 0 atom stereocenters. The van der Waals surface area contributed by atoms with Gasteiger partial charge in [-0.2, -0.15) is 0 Å². The molecule has 12 heavy (non-hydrogen) atoms. The summed E-state index contributed by atoms with van der Waals surface area (Å²) in [5.74, 6) is 2.96. The number of nitrogens with zero attached hydrogens (tertiary/aromatic N) is 1. The Morgan fingerprint density at radius 3 is 2.50 bits per heavy atom. The van der Waals surface area contributed by atoms with Crippen LogP contribution in [0.4, 0.5) is 0 Å². The van der Waals surface area contributed by atoms with Crippen LogP contribution in [-0.4, -0.2) is 34.8 Å². The standard InChI is InChI=1S/C8H9NO2S/c1-2-3-4-9-7(10)5-12-6-8(9)11/h1H,3-6H2. The van der Waals surface area contributed by atoms with Crippen LogP contribution in [0.15, 0.2) is 0 Å². The monoisotopic (exact) mass is 183 g/mol. The lowest BCUT2D eigenvalue weighted by Crippen LogP contribution is -2.43. The number of rotatable bonds is 2. The van der Waals surface area contributed by atoms with Gasteiger partial charge in [-0.25, -0.2) is 0 Å². The van der Waals surface area contributed by atoms with E-state index in [1.807, 2.05) is 0 Å². The van der Waals surface area contributed by atoms with Gasteiger partial charge in [-0.05, 0) is 0 Å². The fourth-order valence-corrected chi connectivity index (χ4v) is 1.71. The third-order valence-electron chi connectivity index (χ3n) is 1.53. The second kappa shape index (κ2) is 4.17. The first kappa shape index (κ1) is 9.14. The molecule has 0 aromatic heterocycles. The number of carbonyl (C=O) groups is 2. The van der Waals surface area contributed by atoms with Gasteiger partial charge in [0.15, 0.2) is 0 Å². The molecule has 3 nitrogen and oxygen atoms in total. The van der Waals surface area contributed by atoms with Crippen LogP contribution in [0.3, 0.4) is 0 Å². The zero-order chi connectivity index (χ0) is 8.97. The average Bonchev–Trinajstić information content (AvgIpc) is 2.04. The Morgan fingerprint density at radius 1 is 1.42 bits per heavy atom. The van der Waals surface area contributed by atoms with E-state index in [0.29, 0.717) is 24.5 Å². The van der Waals surface area contributed by atoms with E-state index in [1.54, 1.807) is 0 Å². The van der Waals surface area contributed by atoms with Gasteiger partial charge < -0.3 is 0 Å². The number of hydrogen-bond donors (Lipinski definition) is 0. The van der Waals surface area contributed by atoms with E-state index in [-0.39, 0.29) is 11.8 Å². The van der Waals surface area contributed by atoms with Crippen molar-refractivity contribution < 1.29 is 9.59 Å². The molecule has 0 spiro atoms. The second-order valence-corrected chi connectivity index (χ2v) is 3.37. The molecule has 0 bridgehead atoms. The van der Waals surface area contributed by atoms with Crippen molar-refractivity contribution in [2.45, 2.75) is 6.42 Å². The van der Waals surface area contributed by atoms with Crippen molar-refractivity contribution >= 4 is 23.6 Å². The topological polar surface area (TPSA) is 37.4 Å². The molecular weight excluding hydrogens is 174 g/mol. The van der Waals surface area contributed by atoms with Gasteiger partial charge in [0.1, 0.15) is 0 Å². The molecule has 0 aliphatic carbocycles. The van der Waals surface area contributed by atoms with Gasteiger partial charge in [-0.1, -0.05) is 0 Å². The molecule has 0 saturated carbocycles. The van der Waals surface area contributed by atoms with Crippen molar-refractivity contribution in [3.05, 3.63) is 0 Å². The van der Waals surface area contributed by atoms with Gasteiger partial charge in [0.05, 0.1) is 11.5 Å². The normalized spacial score (nSPS) is 17.8. The summed E-state index contributed by atoms with van der Waals surface area (Å²) in [7, 11) is 0. The molecule has 64 valence electrons. The van der Waals surface area contributed by atoms with Crippen LogP contribution in [0.25, 0.3) is 0 Å². The molecule has 1 saturated heterocycles. The van der Waals surface area contributed by atoms with Gasteiger partial charge >= 0.3 is 0 Å². The minimum Gasteiger partial charge on any atom is -0.280 e. The van der Waals surface area contributed by atoms with Crippen LogP contribution in [-0.2, 0) is 9.59 Å². The predicted octanol–water partition coefficient (Wildman–Crippen LogP) is 0.112. The molecule has 0 N–H and O–H groups in total. The van der Waals surface area contributed by atoms with Gasteiger partial charge in [-0.15, -0.1) is 24.1 Å². The Bertz CT molecular complexity index is 228. The number of thioether (sulfide) groups is 1. The number of hydrogen-bond acceptors (Lipinski definition) is 3. The first-order valence-electron chi connectivity index (χ1n) is 3.60. The molecule has 2 amide bonds. The van der Waals surface area contributed by atoms with E-state index < -0.39 is 0 Å². The maximum Gasteiger partial charge on any atom is 0.239 e. The highest BCUT2D eigenvalue weighted by molar-refractivity contribution is 8.00. The molecule has 4 heteroatoms. The molecule has 1 aliphatic heterocycles. The Hall–Kier alpha value is -0.950. The van der Waals surface area contributed by atoms with E-state index in [4.69, 9.17) is 6.42 Å². The number of carbonyl (C=O) groups excluding carboxylic acids is 2. The Kier molecular flexibility index (Phi) is 3.18. The molecular formula is C8H9NO2S. The van der Waals surface area contributed by atoms with Crippen molar-refractivity contribution in [3.63, 3.8) is 0 Å². The molecule has 1 heterocycles. The van der Waals surface area contributed by atoms with Crippen molar-refractivity contribution in [2.75, 3.05) is 18.1 Å². The first-order chi connectivity index (χ1) is 5.75. The zero-order valence-corrected chi connectivity index (χ0v) is 7.39. The number of amides is 2. The second-order valence-electron chi connectivity index (χ2n) is 2.39. The maximum atomic E-state index is 11.1. The highest BCUT2D eigenvalue weighted by atomic mass is 32.2. The fourth-order valence-electron chi connectivity index (χ4n) is 0.946. The molecule has 1 aliphatic rings. The SMILES string of the molecule is C#CCCN1C(=O)CSCC1=O. The van der Waals surface area contributed by atoms with E-state index in [1.165, 1.54) is 16.7 Å². The lowest BCUT2D eigenvalue weighted by molar-refractivity contribution is -0.142. The number of imide groups is 1. The minimum absolute atomic E-state index is 0.119. The quantitative estimate of drug-likeness (QED) is 0.450. The van der Waals surface area contributed by atoms with E-state index >= 15 is 0 Å². The summed E-state index contributed by atoms with van der Waals surface area (Å²) in [5, 5.41) is 0. The molecule has 1 fully saturated rings. The summed E-state index contributed by atoms with van der Waals surface area (Å²) in [6.07, 6.45) is 5.48. The summed E-state index contributed by atoms with van der Waals surface area (Å²) in [6, 6.07) is 0.